The number of carboxylic acid groups (broad SMARTS) is 1. The van der Waals surface area contributed by atoms with Crippen molar-refractivity contribution in [3.8, 4) is 5.75 Å². The third kappa shape index (κ3) is 5.47. The summed E-state index contributed by atoms with van der Waals surface area (Å²) in [5.41, 5.74) is 0.904. The lowest BCUT2D eigenvalue weighted by molar-refractivity contribution is 0.0697. The lowest BCUT2D eigenvalue weighted by Gasteiger charge is -2.18. The molecule has 0 fully saturated rings. The minimum Gasteiger partial charge on any atom is -0.497 e. The highest BCUT2D eigenvalue weighted by molar-refractivity contribution is 5.98. The number of nitrogens with zero attached hydrogens (tertiary/aromatic N) is 2. The zero-order valence-electron chi connectivity index (χ0n) is 14.9. The molecule has 1 aromatic heterocycles. The maximum absolute atomic E-state index is 11.5. The number of aromatic carboxylic acids is 1. The van der Waals surface area contributed by atoms with E-state index in [1.54, 1.807) is 19.2 Å². The van der Waals surface area contributed by atoms with E-state index in [-0.39, 0.29) is 18.0 Å². The number of pyridine rings is 1. The lowest BCUT2D eigenvalue weighted by atomic mass is 10.1. The van der Waals surface area contributed by atoms with Crippen LogP contribution in [-0.2, 0) is 0 Å². The van der Waals surface area contributed by atoms with Crippen molar-refractivity contribution >= 4 is 35.1 Å². The van der Waals surface area contributed by atoms with Crippen molar-refractivity contribution in [2.24, 2.45) is 0 Å². The molecule has 25 heavy (non-hydrogen) atoms. The van der Waals surface area contributed by atoms with Gasteiger partial charge in [-0.3, -0.25) is 0 Å². The summed E-state index contributed by atoms with van der Waals surface area (Å²) in [5.74, 6) is 0.125. The van der Waals surface area contributed by atoms with Gasteiger partial charge in [-0.15, -0.1) is 12.4 Å². The maximum Gasteiger partial charge on any atom is 0.339 e. The van der Waals surface area contributed by atoms with Gasteiger partial charge in [-0.2, -0.15) is 0 Å². The van der Waals surface area contributed by atoms with Crippen molar-refractivity contribution in [3.05, 3.63) is 29.8 Å². The number of ether oxygens (including phenoxy) is 1. The number of nitrogens with one attached hydrogen (secondary N) is 1. The first kappa shape index (κ1) is 21.0. The zero-order valence-corrected chi connectivity index (χ0v) is 15.7. The van der Waals surface area contributed by atoms with Crippen molar-refractivity contribution in [2.75, 3.05) is 38.6 Å². The van der Waals surface area contributed by atoms with Crippen molar-refractivity contribution in [1.82, 2.24) is 9.88 Å². The van der Waals surface area contributed by atoms with Gasteiger partial charge in [0.15, 0.2) is 0 Å². The van der Waals surface area contributed by atoms with Crippen molar-refractivity contribution in [1.29, 1.82) is 0 Å². The highest BCUT2D eigenvalue weighted by Crippen LogP contribution is 2.24. The summed E-state index contributed by atoms with van der Waals surface area (Å²) in [6.07, 6.45) is 0.929. The summed E-state index contributed by atoms with van der Waals surface area (Å²) in [6.45, 7) is 7.97. The van der Waals surface area contributed by atoms with E-state index in [0.29, 0.717) is 23.6 Å². The fourth-order valence-corrected chi connectivity index (χ4v) is 2.62. The van der Waals surface area contributed by atoms with Crippen LogP contribution in [0.25, 0.3) is 10.9 Å². The molecule has 2 rings (SSSR count). The molecule has 0 bridgehead atoms. The van der Waals surface area contributed by atoms with Gasteiger partial charge in [-0.05, 0) is 44.3 Å². The van der Waals surface area contributed by atoms with E-state index in [1.165, 1.54) is 0 Å². The number of anilines is 1. The number of halogens is 1. The van der Waals surface area contributed by atoms with Crippen LogP contribution in [0.4, 0.5) is 5.82 Å². The largest absolute Gasteiger partial charge is 0.497 e. The van der Waals surface area contributed by atoms with Crippen molar-refractivity contribution < 1.29 is 14.6 Å². The standard InChI is InChI=1S/C18H25N3O3.ClH/c1-4-21(5-2)10-6-9-19-17-15(18(22)23)11-13-7-8-14(24-3)12-16(13)20-17;/h7-8,11-12H,4-6,9-10H2,1-3H3,(H,19,20)(H,22,23);1H. The Hall–Kier alpha value is -2.05. The Kier molecular flexibility index (Phi) is 8.45. The first-order valence-electron chi connectivity index (χ1n) is 8.27. The fraction of sp³-hybridized carbons (Fsp3) is 0.444. The van der Waals surface area contributed by atoms with Crippen LogP contribution in [0.5, 0.6) is 5.75 Å². The molecule has 0 amide bonds. The molecule has 0 aliphatic heterocycles. The number of aromatic nitrogens is 1. The van der Waals surface area contributed by atoms with Gasteiger partial charge in [-0.25, -0.2) is 9.78 Å². The predicted octanol–water partition coefficient (Wildman–Crippen LogP) is 3.51. The topological polar surface area (TPSA) is 74.7 Å². The first-order valence-corrected chi connectivity index (χ1v) is 8.27. The number of rotatable bonds is 9. The van der Waals surface area contributed by atoms with Gasteiger partial charge in [0.25, 0.3) is 0 Å². The van der Waals surface area contributed by atoms with Crippen LogP contribution in [0.3, 0.4) is 0 Å². The van der Waals surface area contributed by atoms with Crippen molar-refractivity contribution in [3.63, 3.8) is 0 Å². The Morgan fingerprint density at radius 1 is 1.28 bits per heavy atom. The third-order valence-electron chi connectivity index (χ3n) is 4.09. The zero-order chi connectivity index (χ0) is 17.5. The Bertz CT molecular complexity index is 705. The van der Waals surface area contributed by atoms with Crippen LogP contribution in [0.1, 0.15) is 30.6 Å². The normalized spacial score (nSPS) is 10.6. The average molecular weight is 368 g/mol. The van der Waals surface area contributed by atoms with E-state index >= 15 is 0 Å². The van der Waals surface area contributed by atoms with Gasteiger partial charge < -0.3 is 20.1 Å². The average Bonchev–Trinajstić information content (AvgIpc) is 2.60. The van der Waals surface area contributed by atoms with E-state index in [4.69, 9.17) is 4.74 Å². The monoisotopic (exact) mass is 367 g/mol. The second kappa shape index (κ2) is 10.1. The number of hydrogen-bond donors (Lipinski definition) is 2. The molecule has 0 saturated carbocycles. The molecule has 2 N–H and O–H groups in total. The first-order chi connectivity index (χ1) is 11.6. The Balaban J connectivity index is 0.00000312. The van der Waals surface area contributed by atoms with E-state index in [1.807, 2.05) is 12.1 Å². The molecule has 6 nitrogen and oxygen atoms in total. The summed E-state index contributed by atoms with van der Waals surface area (Å²) in [6, 6.07) is 7.07. The number of carbonyl (C=O) groups is 1. The summed E-state index contributed by atoms with van der Waals surface area (Å²) in [4.78, 5) is 18.3. The van der Waals surface area contributed by atoms with Gasteiger partial charge in [0.1, 0.15) is 17.1 Å². The Morgan fingerprint density at radius 2 is 2.00 bits per heavy atom. The smallest absolute Gasteiger partial charge is 0.339 e. The number of hydrogen-bond acceptors (Lipinski definition) is 5. The molecule has 138 valence electrons. The molecule has 0 saturated heterocycles. The fourth-order valence-electron chi connectivity index (χ4n) is 2.62. The molecule has 7 heteroatoms. The lowest BCUT2D eigenvalue weighted by Crippen LogP contribution is -2.25. The van der Waals surface area contributed by atoms with E-state index in [0.717, 1.165) is 31.4 Å². The molecule has 0 spiro atoms. The molecular formula is C18H26ClN3O3. The van der Waals surface area contributed by atoms with Crippen LogP contribution in [0.15, 0.2) is 24.3 Å². The summed E-state index contributed by atoms with van der Waals surface area (Å²) in [7, 11) is 1.60. The molecule has 1 heterocycles. The van der Waals surface area contributed by atoms with Gasteiger partial charge in [0.2, 0.25) is 0 Å². The summed E-state index contributed by atoms with van der Waals surface area (Å²) >= 11 is 0. The van der Waals surface area contributed by atoms with Crippen molar-refractivity contribution in [2.45, 2.75) is 20.3 Å². The number of carboxylic acids is 1. The quantitative estimate of drug-likeness (QED) is 0.661. The Morgan fingerprint density at radius 3 is 2.60 bits per heavy atom. The van der Waals surface area contributed by atoms with E-state index < -0.39 is 5.97 Å². The third-order valence-corrected chi connectivity index (χ3v) is 4.09. The van der Waals surface area contributed by atoms with Crippen LogP contribution >= 0.6 is 12.4 Å². The molecular weight excluding hydrogens is 342 g/mol. The van der Waals surface area contributed by atoms with Crippen LogP contribution in [0.2, 0.25) is 0 Å². The van der Waals surface area contributed by atoms with Crippen LogP contribution in [0, 0.1) is 0 Å². The molecule has 1 aromatic carbocycles. The molecule has 0 aliphatic carbocycles. The molecule has 0 aliphatic rings. The second-order valence-electron chi connectivity index (χ2n) is 5.56. The van der Waals surface area contributed by atoms with E-state index in [9.17, 15) is 9.90 Å². The predicted molar refractivity (Wildman–Crippen MR) is 103 cm³/mol. The maximum atomic E-state index is 11.5. The SMILES string of the molecule is CCN(CC)CCCNc1nc2cc(OC)ccc2cc1C(=O)O.Cl. The molecule has 2 aromatic rings. The molecule has 0 atom stereocenters. The Labute approximate surface area is 154 Å². The van der Waals surface area contributed by atoms with E-state index in [2.05, 4.69) is 29.0 Å². The van der Waals surface area contributed by atoms with Gasteiger partial charge in [0, 0.05) is 18.0 Å². The molecule has 0 radical (unpaired) electrons. The number of methoxy groups -OCH3 is 1. The summed E-state index contributed by atoms with van der Waals surface area (Å²) < 4.78 is 5.21. The van der Waals surface area contributed by atoms with Gasteiger partial charge >= 0.3 is 5.97 Å². The summed E-state index contributed by atoms with van der Waals surface area (Å²) in [5, 5.41) is 13.4. The number of benzene rings is 1. The second-order valence-corrected chi connectivity index (χ2v) is 5.56. The van der Waals surface area contributed by atoms with Crippen LogP contribution in [-0.4, -0.2) is 54.2 Å². The minimum absolute atomic E-state index is 0. The number of fused-ring (bicyclic) bond motifs is 1. The minimum atomic E-state index is -0.980. The molecule has 0 unspecified atom stereocenters. The highest BCUT2D eigenvalue weighted by atomic mass is 35.5. The highest BCUT2D eigenvalue weighted by Gasteiger charge is 2.13. The van der Waals surface area contributed by atoms with Gasteiger partial charge in [0.05, 0.1) is 12.6 Å². The van der Waals surface area contributed by atoms with Gasteiger partial charge in [-0.1, -0.05) is 13.8 Å². The van der Waals surface area contributed by atoms with Crippen LogP contribution < -0.4 is 10.1 Å².